The van der Waals surface area contributed by atoms with E-state index in [4.69, 9.17) is 0 Å². The van der Waals surface area contributed by atoms with Crippen LogP contribution in [0, 0.1) is 12.8 Å². The molecule has 4 nitrogen and oxygen atoms in total. The van der Waals surface area contributed by atoms with Crippen LogP contribution in [0.4, 0.5) is 0 Å². The molecule has 2 aromatic rings. The molecule has 1 aromatic heterocycles. The largest absolute Gasteiger partial charge is 0.344 e. The molecule has 0 aliphatic heterocycles. The third-order valence-electron chi connectivity index (χ3n) is 3.23. The summed E-state index contributed by atoms with van der Waals surface area (Å²) >= 11 is 0. The molecule has 21 heavy (non-hydrogen) atoms. The van der Waals surface area contributed by atoms with Gasteiger partial charge < -0.3 is 5.32 Å². The Balaban J connectivity index is 2.15. The SMILES string of the molecule is Cc1cnc(C(=O)NC(CC(C)C)c2ccccc2)cn1. The molecule has 4 heteroatoms. The summed E-state index contributed by atoms with van der Waals surface area (Å²) in [4.78, 5) is 20.6. The average Bonchev–Trinajstić information content (AvgIpc) is 2.47. The first kappa shape index (κ1) is 15.2. The molecular weight excluding hydrogens is 262 g/mol. The summed E-state index contributed by atoms with van der Waals surface area (Å²) in [5, 5.41) is 3.06. The van der Waals surface area contributed by atoms with Gasteiger partial charge in [0, 0.05) is 6.20 Å². The number of aryl methyl sites for hydroxylation is 1. The topological polar surface area (TPSA) is 54.9 Å². The van der Waals surface area contributed by atoms with Gasteiger partial charge in [-0.1, -0.05) is 44.2 Å². The van der Waals surface area contributed by atoms with Crippen LogP contribution in [0.3, 0.4) is 0 Å². The van der Waals surface area contributed by atoms with Crippen LogP contribution in [0.5, 0.6) is 0 Å². The highest BCUT2D eigenvalue weighted by Crippen LogP contribution is 2.21. The summed E-state index contributed by atoms with van der Waals surface area (Å²) in [5.74, 6) is 0.302. The van der Waals surface area contributed by atoms with Crippen molar-refractivity contribution in [1.29, 1.82) is 0 Å². The number of hydrogen-bond donors (Lipinski definition) is 1. The Morgan fingerprint density at radius 2 is 1.86 bits per heavy atom. The van der Waals surface area contributed by atoms with E-state index < -0.39 is 0 Å². The lowest BCUT2D eigenvalue weighted by Gasteiger charge is -2.21. The van der Waals surface area contributed by atoms with Gasteiger partial charge in [-0.05, 0) is 24.8 Å². The standard InChI is InChI=1S/C17H21N3O/c1-12(2)9-15(14-7-5-4-6-8-14)20-17(21)16-11-18-13(3)10-19-16/h4-8,10-12,15H,9H2,1-3H3,(H,20,21). The smallest absolute Gasteiger partial charge is 0.271 e. The van der Waals surface area contributed by atoms with Gasteiger partial charge in [-0.25, -0.2) is 4.98 Å². The Kier molecular flexibility index (Phi) is 5.04. The second kappa shape index (κ2) is 6.97. The summed E-state index contributed by atoms with van der Waals surface area (Å²) < 4.78 is 0. The molecule has 2 rings (SSSR count). The molecule has 1 atom stereocenters. The Labute approximate surface area is 125 Å². The molecule has 110 valence electrons. The fourth-order valence-electron chi connectivity index (χ4n) is 2.18. The van der Waals surface area contributed by atoms with Gasteiger partial charge in [0.1, 0.15) is 5.69 Å². The van der Waals surface area contributed by atoms with Crippen LogP contribution >= 0.6 is 0 Å². The van der Waals surface area contributed by atoms with Crippen LogP contribution in [0.25, 0.3) is 0 Å². The minimum Gasteiger partial charge on any atom is -0.344 e. The highest BCUT2D eigenvalue weighted by atomic mass is 16.1. The van der Waals surface area contributed by atoms with Crippen molar-refractivity contribution in [2.24, 2.45) is 5.92 Å². The fraction of sp³-hybridized carbons (Fsp3) is 0.353. The Morgan fingerprint density at radius 1 is 1.14 bits per heavy atom. The van der Waals surface area contributed by atoms with Crippen LogP contribution in [-0.2, 0) is 0 Å². The molecule has 1 aromatic carbocycles. The van der Waals surface area contributed by atoms with E-state index >= 15 is 0 Å². The van der Waals surface area contributed by atoms with Crippen molar-refractivity contribution in [2.45, 2.75) is 33.2 Å². The number of amides is 1. The summed E-state index contributed by atoms with van der Waals surface area (Å²) in [7, 11) is 0. The predicted octanol–water partition coefficient (Wildman–Crippen LogP) is 3.30. The third kappa shape index (κ3) is 4.38. The number of aromatic nitrogens is 2. The van der Waals surface area contributed by atoms with E-state index in [0.717, 1.165) is 17.7 Å². The van der Waals surface area contributed by atoms with E-state index in [0.29, 0.717) is 11.6 Å². The van der Waals surface area contributed by atoms with Gasteiger partial charge in [0.15, 0.2) is 0 Å². The lowest BCUT2D eigenvalue weighted by Crippen LogP contribution is -2.30. The van der Waals surface area contributed by atoms with Gasteiger partial charge in [-0.2, -0.15) is 0 Å². The Morgan fingerprint density at radius 3 is 2.43 bits per heavy atom. The molecule has 0 bridgehead atoms. The third-order valence-corrected chi connectivity index (χ3v) is 3.23. The van der Waals surface area contributed by atoms with Crippen molar-refractivity contribution in [2.75, 3.05) is 0 Å². The fourth-order valence-corrected chi connectivity index (χ4v) is 2.18. The lowest BCUT2D eigenvalue weighted by molar-refractivity contribution is 0.0926. The van der Waals surface area contributed by atoms with Crippen molar-refractivity contribution in [3.05, 3.63) is 59.7 Å². The average molecular weight is 283 g/mol. The molecule has 0 fully saturated rings. The molecule has 1 unspecified atom stereocenters. The second-order valence-electron chi connectivity index (χ2n) is 5.61. The molecule has 0 radical (unpaired) electrons. The summed E-state index contributed by atoms with van der Waals surface area (Å²) in [6, 6.07) is 10.0. The van der Waals surface area contributed by atoms with Gasteiger partial charge in [0.2, 0.25) is 0 Å². The van der Waals surface area contributed by atoms with E-state index in [1.54, 1.807) is 6.20 Å². The number of hydrogen-bond acceptors (Lipinski definition) is 3. The molecule has 0 saturated carbocycles. The van der Waals surface area contributed by atoms with Crippen molar-refractivity contribution in [3.8, 4) is 0 Å². The molecule has 1 N–H and O–H groups in total. The highest BCUT2D eigenvalue weighted by Gasteiger charge is 2.17. The number of carbonyl (C=O) groups is 1. The van der Waals surface area contributed by atoms with Gasteiger partial charge in [-0.3, -0.25) is 9.78 Å². The number of rotatable bonds is 5. The predicted molar refractivity (Wildman–Crippen MR) is 82.9 cm³/mol. The lowest BCUT2D eigenvalue weighted by atomic mass is 9.97. The summed E-state index contributed by atoms with van der Waals surface area (Å²) in [6.45, 7) is 6.14. The van der Waals surface area contributed by atoms with Crippen LogP contribution < -0.4 is 5.32 Å². The molecule has 0 spiro atoms. The number of carbonyl (C=O) groups excluding carboxylic acids is 1. The van der Waals surface area contributed by atoms with Gasteiger partial charge in [0.05, 0.1) is 17.9 Å². The molecule has 1 heterocycles. The Hall–Kier alpha value is -2.23. The molecule has 1 amide bonds. The van der Waals surface area contributed by atoms with Crippen molar-refractivity contribution < 1.29 is 4.79 Å². The first-order valence-electron chi connectivity index (χ1n) is 7.20. The zero-order valence-electron chi connectivity index (χ0n) is 12.7. The summed E-state index contributed by atoms with van der Waals surface area (Å²) in [5.41, 5.74) is 2.26. The first-order chi connectivity index (χ1) is 10.1. The van der Waals surface area contributed by atoms with Crippen LogP contribution in [0.2, 0.25) is 0 Å². The number of nitrogens with zero attached hydrogens (tertiary/aromatic N) is 2. The van der Waals surface area contributed by atoms with E-state index in [2.05, 4.69) is 29.1 Å². The minimum absolute atomic E-state index is 0.0122. The zero-order valence-corrected chi connectivity index (χ0v) is 12.7. The van der Waals surface area contributed by atoms with Crippen LogP contribution in [0.15, 0.2) is 42.7 Å². The van der Waals surface area contributed by atoms with Gasteiger partial charge in [0.25, 0.3) is 5.91 Å². The summed E-state index contributed by atoms with van der Waals surface area (Å²) in [6.07, 6.45) is 4.01. The van der Waals surface area contributed by atoms with Crippen molar-refractivity contribution >= 4 is 5.91 Å². The van der Waals surface area contributed by atoms with Gasteiger partial charge >= 0.3 is 0 Å². The Bertz CT molecular complexity index is 579. The number of nitrogens with one attached hydrogen (secondary N) is 1. The molecule has 0 aliphatic carbocycles. The zero-order chi connectivity index (χ0) is 15.2. The first-order valence-corrected chi connectivity index (χ1v) is 7.20. The van der Waals surface area contributed by atoms with Gasteiger partial charge in [-0.15, -0.1) is 0 Å². The van der Waals surface area contributed by atoms with Crippen LogP contribution in [0.1, 0.15) is 48.1 Å². The maximum absolute atomic E-state index is 12.3. The van der Waals surface area contributed by atoms with E-state index in [1.165, 1.54) is 6.20 Å². The molecule has 0 aliphatic rings. The maximum Gasteiger partial charge on any atom is 0.271 e. The maximum atomic E-state index is 12.3. The van der Waals surface area contributed by atoms with E-state index in [9.17, 15) is 4.79 Å². The van der Waals surface area contributed by atoms with Crippen molar-refractivity contribution in [3.63, 3.8) is 0 Å². The monoisotopic (exact) mass is 283 g/mol. The number of benzene rings is 1. The van der Waals surface area contributed by atoms with Crippen LogP contribution in [-0.4, -0.2) is 15.9 Å². The normalized spacial score (nSPS) is 12.2. The molecule has 0 saturated heterocycles. The van der Waals surface area contributed by atoms with Crippen molar-refractivity contribution in [1.82, 2.24) is 15.3 Å². The van der Waals surface area contributed by atoms with E-state index in [-0.39, 0.29) is 11.9 Å². The molecular formula is C17H21N3O. The van der Waals surface area contributed by atoms with E-state index in [1.807, 2.05) is 37.3 Å². The minimum atomic E-state index is -0.183. The second-order valence-corrected chi connectivity index (χ2v) is 5.61. The quantitative estimate of drug-likeness (QED) is 0.916. The highest BCUT2D eigenvalue weighted by molar-refractivity contribution is 5.92.